The van der Waals surface area contributed by atoms with Gasteiger partial charge in [-0.3, -0.25) is 0 Å². The summed E-state index contributed by atoms with van der Waals surface area (Å²) in [6.45, 7) is 7.14. The molecule has 0 radical (unpaired) electrons. The third-order valence-electron chi connectivity index (χ3n) is 2.91. The van der Waals surface area contributed by atoms with Crippen molar-refractivity contribution in [1.82, 2.24) is 4.90 Å². The highest BCUT2D eigenvalue weighted by Crippen LogP contribution is 2.28. The second-order valence-corrected chi connectivity index (χ2v) is 4.80. The van der Waals surface area contributed by atoms with Gasteiger partial charge >= 0.3 is 0 Å². The molecule has 0 aliphatic rings. The van der Waals surface area contributed by atoms with Crippen molar-refractivity contribution >= 4 is 33.9 Å². The molecule has 1 rings (SSSR count). The van der Waals surface area contributed by atoms with Crippen molar-refractivity contribution in [3.05, 3.63) is 41.9 Å². The van der Waals surface area contributed by atoms with Crippen LogP contribution >= 0.6 is 23.2 Å². The van der Waals surface area contributed by atoms with E-state index in [2.05, 4.69) is 25.8 Å². The first-order chi connectivity index (χ1) is 8.62. The zero-order valence-corrected chi connectivity index (χ0v) is 12.4. The van der Waals surface area contributed by atoms with Gasteiger partial charge in [0.05, 0.1) is 5.02 Å². The Kier molecular flexibility index (Phi) is 6.72. The first-order valence-electron chi connectivity index (χ1n) is 6.12. The molecule has 2 nitrogen and oxygen atoms in total. The summed E-state index contributed by atoms with van der Waals surface area (Å²) >= 11 is 12.5. The lowest BCUT2D eigenvalue weighted by Crippen LogP contribution is -2.69. The largest absolute Gasteiger partial charge is 0.446 e. The standard InChI is InChI=1S/C14H20Cl2N2/c1-4-18(5-2)9-8-13(15)12-7-6-11(17-3)10-14(12)16/h6-8,10H,3-5,9,17H2,1-2H3. The minimum absolute atomic E-state index is 0.660. The van der Waals surface area contributed by atoms with E-state index in [1.165, 1.54) is 0 Å². The predicted molar refractivity (Wildman–Crippen MR) is 80.0 cm³/mol. The molecule has 0 aliphatic heterocycles. The van der Waals surface area contributed by atoms with Crippen molar-refractivity contribution in [2.45, 2.75) is 13.8 Å². The van der Waals surface area contributed by atoms with Crippen molar-refractivity contribution in [3.63, 3.8) is 0 Å². The van der Waals surface area contributed by atoms with Crippen molar-refractivity contribution in [2.75, 3.05) is 19.6 Å². The average molecular weight is 287 g/mol. The SMILES string of the molecule is [CH2-][NH2+]c1ccc(C(Cl)=CCN(CC)CC)c(Cl)c1. The second-order valence-electron chi connectivity index (χ2n) is 3.98. The van der Waals surface area contributed by atoms with E-state index in [-0.39, 0.29) is 0 Å². The maximum atomic E-state index is 6.29. The van der Waals surface area contributed by atoms with Gasteiger partial charge in [0, 0.05) is 23.2 Å². The quantitative estimate of drug-likeness (QED) is 0.629. The topological polar surface area (TPSA) is 19.9 Å². The molecule has 0 saturated heterocycles. The molecule has 0 atom stereocenters. The number of hydrogen-bond acceptors (Lipinski definition) is 1. The molecule has 0 saturated carbocycles. The minimum Gasteiger partial charge on any atom is -0.446 e. The third-order valence-corrected chi connectivity index (χ3v) is 3.58. The fourth-order valence-electron chi connectivity index (χ4n) is 1.65. The van der Waals surface area contributed by atoms with Gasteiger partial charge in [0.15, 0.2) is 0 Å². The van der Waals surface area contributed by atoms with Crippen molar-refractivity contribution in [2.24, 2.45) is 0 Å². The normalized spacial score (nSPS) is 12.2. The molecule has 4 heteroatoms. The third kappa shape index (κ3) is 4.29. The van der Waals surface area contributed by atoms with E-state index in [1.807, 2.05) is 24.3 Å². The van der Waals surface area contributed by atoms with Crippen LogP contribution in [0.4, 0.5) is 5.69 Å². The first kappa shape index (κ1) is 15.5. The van der Waals surface area contributed by atoms with Crippen LogP contribution in [0.5, 0.6) is 0 Å². The molecule has 18 heavy (non-hydrogen) atoms. The highest BCUT2D eigenvalue weighted by Gasteiger charge is 2.06. The van der Waals surface area contributed by atoms with Crippen LogP contribution in [-0.4, -0.2) is 24.5 Å². The summed E-state index contributed by atoms with van der Waals surface area (Å²) < 4.78 is 0. The Labute approximate surface area is 120 Å². The van der Waals surface area contributed by atoms with Gasteiger partial charge in [-0.2, -0.15) is 0 Å². The van der Waals surface area contributed by atoms with Crippen molar-refractivity contribution in [3.8, 4) is 0 Å². The molecule has 0 fully saturated rings. The van der Waals surface area contributed by atoms with Gasteiger partial charge in [-0.1, -0.05) is 43.1 Å². The smallest absolute Gasteiger partial charge is 0.104 e. The summed E-state index contributed by atoms with van der Waals surface area (Å²) in [5, 5.41) is 3.12. The second kappa shape index (κ2) is 7.80. The molecule has 0 unspecified atom stereocenters. The van der Waals surface area contributed by atoms with Gasteiger partial charge < -0.3 is 10.2 Å². The first-order valence-corrected chi connectivity index (χ1v) is 6.88. The maximum Gasteiger partial charge on any atom is 0.104 e. The fourth-order valence-corrected chi connectivity index (χ4v) is 2.23. The summed E-state index contributed by atoms with van der Waals surface area (Å²) in [4.78, 5) is 2.29. The van der Waals surface area contributed by atoms with Crippen LogP contribution in [0.2, 0.25) is 5.02 Å². The number of benzene rings is 1. The molecule has 0 spiro atoms. The van der Waals surface area contributed by atoms with Gasteiger partial charge in [-0.15, -0.1) is 7.05 Å². The van der Waals surface area contributed by atoms with Crippen LogP contribution in [0.15, 0.2) is 24.3 Å². The van der Waals surface area contributed by atoms with Crippen LogP contribution < -0.4 is 5.32 Å². The van der Waals surface area contributed by atoms with Crippen molar-refractivity contribution < 1.29 is 5.32 Å². The highest BCUT2D eigenvalue weighted by molar-refractivity contribution is 6.50. The van der Waals surface area contributed by atoms with Gasteiger partial charge in [0.1, 0.15) is 5.69 Å². The summed E-state index contributed by atoms with van der Waals surface area (Å²) in [5.41, 5.74) is 1.87. The summed E-state index contributed by atoms with van der Waals surface area (Å²) in [6, 6.07) is 5.76. The van der Waals surface area contributed by atoms with Gasteiger partial charge in [0.2, 0.25) is 0 Å². The molecule has 0 amide bonds. The number of rotatable bonds is 6. The molecule has 0 bridgehead atoms. The van der Waals surface area contributed by atoms with Gasteiger partial charge in [-0.25, -0.2) is 0 Å². The number of likely N-dealkylation sites (N-methyl/N-ethyl adjacent to an activating group) is 1. The fraction of sp³-hybridized carbons (Fsp3) is 0.357. The average Bonchev–Trinajstić information content (AvgIpc) is 2.39. The van der Waals surface area contributed by atoms with E-state index in [9.17, 15) is 0 Å². The Morgan fingerprint density at radius 2 is 2.06 bits per heavy atom. The molecule has 2 N–H and O–H groups in total. The number of quaternary nitrogens is 1. The maximum absolute atomic E-state index is 6.29. The van der Waals surface area contributed by atoms with E-state index in [4.69, 9.17) is 23.2 Å². The molecule has 1 aromatic carbocycles. The number of nitrogens with two attached hydrogens (primary N) is 1. The van der Waals surface area contributed by atoms with E-state index in [1.54, 1.807) is 5.32 Å². The molecular formula is C14H20Cl2N2. The van der Waals surface area contributed by atoms with Crippen LogP contribution in [-0.2, 0) is 0 Å². The highest BCUT2D eigenvalue weighted by atomic mass is 35.5. The molecule has 100 valence electrons. The molecule has 0 heterocycles. The van der Waals surface area contributed by atoms with Gasteiger partial charge in [-0.05, 0) is 25.2 Å². The Bertz CT molecular complexity index is 412. The molecule has 1 aromatic rings. The van der Waals surface area contributed by atoms with E-state index in [0.717, 1.165) is 30.9 Å². The summed E-state index contributed by atoms with van der Waals surface area (Å²) in [6.07, 6.45) is 2.00. The zero-order chi connectivity index (χ0) is 13.5. The molecule has 0 aliphatic carbocycles. The van der Waals surface area contributed by atoms with Gasteiger partial charge in [0.25, 0.3) is 0 Å². The van der Waals surface area contributed by atoms with Crippen LogP contribution in [0.3, 0.4) is 0 Å². The van der Waals surface area contributed by atoms with E-state index >= 15 is 0 Å². The number of nitrogens with zero attached hydrogens (tertiary/aromatic N) is 1. The van der Waals surface area contributed by atoms with Crippen LogP contribution in [0.1, 0.15) is 19.4 Å². The summed E-state index contributed by atoms with van der Waals surface area (Å²) in [7, 11) is 3.72. The van der Waals surface area contributed by atoms with Crippen LogP contribution in [0, 0.1) is 7.05 Å². The Morgan fingerprint density at radius 3 is 2.56 bits per heavy atom. The molecular weight excluding hydrogens is 267 g/mol. The monoisotopic (exact) mass is 286 g/mol. The predicted octanol–water partition coefficient (Wildman–Crippen LogP) is 3.25. The Balaban J connectivity index is 2.83. The zero-order valence-electron chi connectivity index (χ0n) is 10.9. The van der Waals surface area contributed by atoms with E-state index < -0.39 is 0 Å². The lowest BCUT2D eigenvalue weighted by molar-refractivity contribution is -0.504. The number of halogens is 2. The van der Waals surface area contributed by atoms with E-state index in [0.29, 0.717) is 10.1 Å². The minimum atomic E-state index is 0.660. The Hall–Kier alpha value is -0.540. The number of hydrogen-bond donors (Lipinski definition) is 1. The molecule has 0 aromatic heterocycles. The van der Waals surface area contributed by atoms with Crippen molar-refractivity contribution in [1.29, 1.82) is 0 Å². The lowest BCUT2D eigenvalue weighted by Gasteiger charge is -2.15. The Morgan fingerprint density at radius 1 is 1.39 bits per heavy atom. The lowest BCUT2D eigenvalue weighted by atomic mass is 10.2. The van der Waals surface area contributed by atoms with Crippen LogP contribution in [0.25, 0.3) is 5.03 Å². The summed E-state index contributed by atoms with van der Waals surface area (Å²) in [5.74, 6) is 0.